The van der Waals surface area contributed by atoms with Crippen molar-refractivity contribution in [3.05, 3.63) is 99.1 Å². The van der Waals surface area contributed by atoms with Crippen LogP contribution < -0.4 is 15.1 Å². The van der Waals surface area contributed by atoms with Crippen molar-refractivity contribution >= 4 is 52.2 Å². The van der Waals surface area contributed by atoms with Crippen LogP contribution >= 0.6 is 23.1 Å². The molecule has 2 aliphatic heterocycles. The highest BCUT2D eigenvalue weighted by Crippen LogP contribution is 2.53. The van der Waals surface area contributed by atoms with Crippen molar-refractivity contribution in [2.24, 2.45) is 5.92 Å². The second-order valence-electron chi connectivity index (χ2n) is 8.58. The first-order chi connectivity index (χ1) is 17.9. The minimum absolute atomic E-state index is 0.251. The van der Waals surface area contributed by atoms with E-state index in [0.717, 1.165) is 28.0 Å². The Hall–Kier alpha value is -3.96. The summed E-state index contributed by atoms with van der Waals surface area (Å²) >= 11 is 2.04. The Kier molecular flexibility index (Phi) is 5.81. The first-order valence-corrected chi connectivity index (χ1v) is 13.0. The predicted octanol–water partition coefficient (Wildman–Crippen LogP) is 4.08. The van der Waals surface area contributed by atoms with Crippen LogP contribution in [0, 0.1) is 11.7 Å². The number of hydrogen-bond acceptors (Lipinski definition) is 7. The minimum atomic E-state index is -0.849. The quantitative estimate of drug-likeness (QED) is 0.387. The summed E-state index contributed by atoms with van der Waals surface area (Å²) in [6.45, 7) is -0.251. The molecular weight excluding hydrogens is 517 g/mol. The predicted molar refractivity (Wildman–Crippen MR) is 136 cm³/mol. The van der Waals surface area contributed by atoms with Gasteiger partial charge in [-0.3, -0.25) is 23.7 Å². The lowest BCUT2D eigenvalue weighted by molar-refractivity contribution is -0.122. The number of thioether (sulfide) groups is 1. The summed E-state index contributed by atoms with van der Waals surface area (Å²) in [6, 6.07) is 17.4. The Morgan fingerprint density at radius 1 is 0.973 bits per heavy atom. The second-order valence-corrected chi connectivity index (χ2v) is 10.7. The Morgan fingerprint density at radius 3 is 2.43 bits per heavy atom. The molecule has 2 aromatic carbocycles. The van der Waals surface area contributed by atoms with E-state index in [0.29, 0.717) is 21.4 Å². The van der Waals surface area contributed by atoms with Crippen LogP contribution in [-0.4, -0.2) is 27.5 Å². The first kappa shape index (κ1) is 23.4. The van der Waals surface area contributed by atoms with E-state index in [1.165, 1.54) is 35.1 Å². The summed E-state index contributed by atoms with van der Waals surface area (Å²) in [4.78, 5) is 54.3. The summed E-state index contributed by atoms with van der Waals surface area (Å²) < 4.78 is 20.5. The van der Waals surface area contributed by atoms with Crippen LogP contribution in [0.4, 0.5) is 15.8 Å². The molecule has 1 saturated heterocycles. The number of carbonyl (C=O) groups is 3. The topological polar surface area (TPSA) is 102 Å². The Labute approximate surface area is 217 Å². The molecule has 4 aromatic rings. The van der Waals surface area contributed by atoms with Gasteiger partial charge in [-0.2, -0.15) is 0 Å². The summed E-state index contributed by atoms with van der Waals surface area (Å²) in [7, 11) is 0. The molecule has 6 rings (SSSR count). The van der Waals surface area contributed by atoms with E-state index >= 15 is 0 Å². The fourth-order valence-electron chi connectivity index (χ4n) is 4.74. The van der Waals surface area contributed by atoms with Gasteiger partial charge in [-0.25, -0.2) is 9.29 Å². The van der Waals surface area contributed by atoms with Crippen LogP contribution in [0.3, 0.4) is 0 Å². The van der Waals surface area contributed by atoms with Crippen LogP contribution in [-0.2, 0) is 20.9 Å². The molecule has 0 radical (unpaired) electrons. The Morgan fingerprint density at radius 2 is 1.73 bits per heavy atom. The van der Waals surface area contributed by atoms with Crippen molar-refractivity contribution in [1.29, 1.82) is 0 Å². The van der Waals surface area contributed by atoms with Crippen molar-refractivity contribution < 1.29 is 23.2 Å². The summed E-state index contributed by atoms with van der Waals surface area (Å²) in [5.41, 5.74) is 0.866. The van der Waals surface area contributed by atoms with Gasteiger partial charge in [-0.15, -0.1) is 0 Å². The number of benzene rings is 2. The lowest BCUT2D eigenvalue weighted by atomic mass is 9.87. The standard InChI is InChI=1S/C26H18FN3O5S2/c27-14-8-10-16(11-9-14)30-23(32)20-19(17-7-4-12-35-17)22-25(36-21(20)24(30)33)29(26(34)37-22)13-18(31)28-15-5-2-1-3-6-15/h1-12,19-21H,13H2,(H,28,31)/t19-,20-,21+/m0/s1. The number of nitrogens with zero attached hydrogens (tertiary/aromatic N) is 2. The largest absolute Gasteiger partial charge is 0.469 e. The second kappa shape index (κ2) is 9.16. The Bertz CT molecular complexity index is 1560. The van der Waals surface area contributed by atoms with Crippen molar-refractivity contribution in [2.45, 2.75) is 22.7 Å². The highest BCUT2D eigenvalue weighted by Gasteiger charge is 2.57. The third-order valence-corrected chi connectivity index (χ3v) is 8.95. The van der Waals surface area contributed by atoms with E-state index < -0.39 is 40.6 Å². The van der Waals surface area contributed by atoms with Crippen molar-refractivity contribution in [3.63, 3.8) is 0 Å². The summed E-state index contributed by atoms with van der Waals surface area (Å²) in [5, 5.41) is 2.38. The molecule has 0 aliphatic carbocycles. The van der Waals surface area contributed by atoms with E-state index in [-0.39, 0.29) is 17.1 Å². The summed E-state index contributed by atoms with van der Waals surface area (Å²) in [5.74, 6) is -2.86. The van der Waals surface area contributed by atoms with Crippen LogP contribution in [0.15, 0.2) is 87.2 Å². The molecule has 1 N–H and O–H groups in total. The van der Waals surface area contributed by atoms with Crippen molar-refractivity contribution in [2.75, 3.05) is 10.2 Å². The van der Waals surface area contributed by atoms with E-state index in [9.17, 15) is 23.6 Å². The molecule has 2 aromatic heterocycles. The van der Waals surface area contributed by atoms with Crippen LogP contribution in [0.2, 0.25) is 0 Å². The molecule has 37 heavy (non-hydrogen) atoms. The molecule has 3 amide bonds. The third-order valence-electron chi connectivity index (χ3n) is 6.34. The molecule has 1 fully saturated rings. The maximum atomic E-state index is 13.6. The lowest BCUT2D eigenvalue weighted by Gasteiger charge is -2.29. The average molecular weight is 536 g/mol. The average Bonchev–Trinajstić information content (AvgIpc) is 3.58. The monoisotopic (exact) mass is 535 g/mol. The number of anilines is 2. The van der Waals surface area contributed by atoms with E-state index in [2.05, 4.69) is 5.32 Å². The first-order valence-electron chi connectivity index (χ1n) is 11.3. The number of fused-ring (bicyclic) bond motifs is 2. The molecule has 0 unspecified atom stereocenters. The zero-order valence-corrected chi connectivity index (χ0v) is 20.6. The maximum Gasteiger partial charge on any atom is 0.308 e. The summed E-state index contributed by atoms with van der Waals surface area (Å²) in [6.07, 6.45) is 1.47. The smallest absolute Gasteiger partial charge is 0.308 e. The number of furan rings is 1. The minimum Gasteiger partial charge on any atom is -0.469 e. The molecule has 186 valence electrons. The normalized spacial score (nSPS) is 20.6. The molecule has 0 spiro atoms. The number of thiazole rings is 1. The number of para-hydroxylation sites is 1. The van der Waals surface area contributed by atoms with Gasteiger partial charge < -0.3 is 9.73 Å². The van der Waals surface area contributed by atoms with Crippen LogP contribution in [0.5, 0.6) is 0 Å². The molecule has 3 atom stereocenters. The number of amides is 3. The van der Waals surface area contributed by atoms with Gasteiger partial charge in [0.1, 0.15) is 23.4 Å². The number of hydrogen-bond donors (Lipinski definition) is 1. The highest BCUT2D eigenvalue weighted by atomic mass is 32.2. The fraction of sp³-hybridized carbons (Fsp3) is 0.154. The fourth-order valence-corrected chi connectivity index (χ4v) is 7.49. The van der Waals surface area contributed by atoms with Gasteiger partial charge >= 0.3 is 4.87 Å². The number of aromatic nitrogens is 1. The van der Waals surface area contributed by atoms with Gasteiger partial charge in [-0.1, -0.05) is 41.3 Å². The number of rotatable bonds is 5. The van der Waals surface area contributed by atoms with Gasteiger partial charge in [-0.05, 0) is 48.5 Å². The van der Waals surface area contributed by atoms with Crippen molar-refractivity contribution in [3.8, 4) is 0 Å². The number of imide groups is 1. The van der Waals surface area contributed by atoms with Gasteiger partial charge in [0.05, 0.1) is 33.7 Å². The Balaban J connectivity index is 1.39. The van der Waals surface area contributed by atoms with Gasteiger partial charge in [0, 0.05) is 5.69 Å². The van der Waals surface area contributed by atoms with E-state index in [4.69, 9.17) is 4.42 Å². The van der Waals surface area contributed by atoms with Gasteiger partial charge in [0.25, 0.3) is 0 Å². The molecule has 0 saturated carbocycles. The SMILES string of the molecule is O=C(Cn1c2c(sc1=O)[C@@H](c1ccco1)[C@@H]1C(=O)N(c3ccc(F)cc3)C(=O)[C@@H]1S2)Nc1ccccc1. The molecule has 11 heteroatoms. The van der Waals surface area contributed by atoms with E-state index in [1.807, 2.05) is 6.07 Å². The molecular formula is C26H18FN3O5S2. The third kappa shape index (κ3) is 4.00. The molecule has 8 nitrogen and oxygen atoms in total. The van der Waals surface area contributed by atoms with E-state index in [1.54, 1.807) is 36.4 Å². The number of carbonyl (C=O) groups excluding carboxylic acids is 3. The van der Waals surface area contributed by atoms with Crippen LogP contribution in [0.25, 0.3) is 0 Å². The zero-order chi connectivity index (χ0) is 25.7. The number of halogens is 1. The highest BCUT2D eigenvalue weighted by molar-refractivity contribution is 8.00. The zero-order valence-electron chi connectivity index (χ0n) is 19.0. The molecule has 0 bridgehead atoms. The van der Waals surface area contributed by atoms with Crippen LogP contribution in [0.1, 0.15) is 16.6 Å². The number of nitrogens with one attached hydrogen (secondary N) is 1. The van der Waals surface area contributed by atoms with Crippen molar-refractivity contribution in [1.82, 2.24) is 4.57 Å². The molecule has 2 aliphatic rings. The maximum absolute atomic E-state index is 13.6. The van der Waals surface area contributed by atoms with Gasteiger partial charge in [0.2, 0.25) is 17.7 Å². The lowest BCUT2D eigenvalue weighted by Crippen LogP contribution is -2.32. The van der Waals surface area contributed by atoms with Gasteiger partial charge in [0.15, 0.2) is 0 Å². The molecule has 4 heterocycles.